The molecule has 0 aromatic rings. The zero-order chi connectivity index (χ0) is 12.6. The molecule has 0 fully saturated rings. The van der Waals surface area contributed by atoms with Crippen LogP contribution in [0.1, 0.15) is 73.6 Å². The lowest BCUT2D eigenvalue weighted by Gasteiger charge is -2.45. The van der Waals surface area contributed by atoms with Crippen LogP contribution in [0.4, 0.5) is 0 Å². The summed E-state index contributed by atoms with van der Waals surface area (Å²) >= 11 is 0. The van der Waals surface area contributed by atoms with Crippen LogP contribution >= 0.6 is 0 Å². The molecule has 106 valence electrons. The number of rotatable bonds is 9. The maximum atomic E-state index is 2.38. The zero-order valence-electron chi connectivity index (χ0n) is 12.9. The molecule has 0 amide bonds. The summed E-state index contributed by atoms with van der Waals surface area (Å²) in [5, 5.41) is 0. The van der Waals surface area contributed by atoms with Gasteiger partial charge in [-0.1, -0.05) is 26.2 Å². The minimum Gasteiger partial charge on any atom is -1.00 e. The molecule has 0 spiro atoms. The fourth-order valence-corrected chi connectivity index (χ4v) is 3.01. The van der Waals surface area contributed by atoms with E-state index in [4.69, 9.17) is 0 Å². The van der Waals surface area contributed by atoms with Crippen LogP contribution in [0.25, 0.3) is 0 Å². The van der Waals surface area contributed by atoms with E-state index in [0.29, 0.717) is 0 Å². The normalized spacial score (nSPS) is 12.0. The standard InChI is InChI=1S/C15H34N.HI/c1-7-9-10-11-12-13-16(8-2,14(3)4)15(5)6;/h14-15H,7-13H2,1-6H3;1H/q+1;/p-1. The maximum absolute atomic E-state index is 2.38. The predicted molar refractivity (Wildman–Crippen MR) is 74.7 cm³/mol. The Morgan fingerprint density at radius 1 is 0.765 bits per heavy atom. The highest BCUT2D eigenvalue weighted by atomic mass is 127. The molecule has 0 atom stereocenters. The van der Waals surface area contributed by atoms with Gasteiger partial charge in [-0.3, -0.25) is 0 Å². The molecule has 0 unspecified atom stereocenters. The second-order valence-corrected chi connectivity index (χ2v) is 5.74. The average molecular weight is 355 g/mol. The molecule has 0 heterocycles. The summed E-state index contributed by atoms with van der Waals surface area (Å²) < 4.78 is 1.30. The number of quaternary nitrogens is 1. The first-order valence-electron chi connectivity index (χ1n) is 7.37. The number of halogens is 1. The Hall–Kier alpha value is 0.690. The lowest BCUT2D eigenvalue weighted by Crippen LogP contribution is -3.00. The summed E-state index contributed by atoms with van der Waals surface area (Å²) in [6.45, 7) is 16.8. The minimum absolute atomic E-state index is 0. The highest BCUT2D eigenvalue weighted by molar-refractivity contribution is 4.54. The SMILES string of the molecule is CCCCCCC[N+](CC)(C(C)C)C(C)C.[I-]. The van der Waals surface area contributed by atoms with Crippen molar-refractivity contribution in [2.24, 2.45) is 0 Å². The number of hydrogen-bond acceptors (Lipinski definition) is 0. The monoisotopic (exact) mass is 355 g/mol. The summed E-state index contributed by atoms with van der Waals surface area (Å²) in [6.07, 6.45) is 7.02. The largest absolute Gasteiger partial charge is 1.00 e. The van der Waals surface area contributed by atoms with Crippen LogP contribution in [0.15, 0.2) is 0 Å². The molecule has 17 heavy (non-hydrogen) atoms. The molecular weight excluding hydrogens is 321 g/mol. The van der Waals surface area contributed by atoms with Gasteiger partial charge in [0.25, 0.3) is 0 Å². The first-order chi connectivity index (χ1) is 7.51. The van der Waals surface area contributed by atoms with Gasteiger partial charge >= 0.3 is 0 Å². The van der Waals surface area contributed by atoms with Gasteiger partial charge in [0.05, 0.1) is 25.2 Å². The minimum atomic E-state index is 0. The molecule has 0 bridgehead atoms. The van der Waals surface area contributed by atoms with E-state index in [0.717, 1.165) is 12.1 Å². The third-order valence-electron chi connectivity index (χ3n) is 4.32. The van der Waals surface area contributed by atoms with Crippen molar-refractivity contribution in [2.45, 2.75) is 85.7 Å². The van der Waals surface area contributed by atoms with Crippen LogP contribution in [0.5, 0.6) is 0 Å². The Morgan fingerprint density at radius 2 is 1.24 bits per heavy atom. The van der Waals surface area contributed by atoms with E-state index in [9.17, 15) is 0 Å². The van der Waals surface area contributed by atoms with Gasteiger partial charge in [-0.25, -0.2) is 0 Å². The fourth-order valence-electron chi connectivity index (χ4n) is 3.01. The second-order valence-electron chi connectivity index (χ2n) is 5.74. The van der Waals surface area contributed by atoms with Crippen LogP contribution in [-0.4, -0.2) is 29.7 Å². The van der Waals surface area contributed by atoms with E-state index < -0.39 is 0 Å². The third-order valence-corrected chi connectivity index (χ3v) is 4.32. The Balaban J connectivity index is 0. The van der Waals surface area contributed by atoms with E-state index in [-0.39, 0.29) is 24.0 Å². The van der Waals surface area contributed by atoms with Crippen LogP contribution in [0.2, 0.25) is 0 Å². The van der Waals surface area contributed by atoms with Crippen LogP contribution in [0.3, 0.4) is 0 Å². The Bertz CT molecular complexity index is 158. The van der Waals surface area contributed by atoms with Crippen molar-refractivity contribution in [2.75, 3.05) is 13.1 Å². The predicted octanol–water partition coefficient (Wildman–Crippen LogP) is 1.61. The van der Waals surface area contributed by atoms with E-state index >= 15 is 0 Å². The van der Waals surface area contributed by atoms with E-state index in [1.54, 1.807) is 0 Å². The maximum Gasteiger partial charge on any atom is 0.0835 e. The lowest BCUT2D eigenvalue weighted by atomic mass is 10.1. The number of hydrogen-bond donors (Lipinski definition) is 0. The average Bonchev–Trinajstić information content (AvgIpc) is 2.22. The summed E-state index contributed by atoms with van der Waals surface area (Å²) in [4.78, 5) is 0. The molecular formula is C15H34IN. The molecule has 2 heteroatoms. The van der Waals surface area contributed by atoms with Crippen molar-refractivity contribution in [1.82, 2.24) is 0 Å². The highest BCUT2D eigenvalue weighted by Crippen LogP contribution is 2.21. The molecule has 0 saturated carbocycles. The van der Waals surface area contributed by atoms with Crippen molar-refractivity contribution in [3.63, 3.8) is 0 Å². The molecule has 0 rings (SSSR count). The van der Waals surface area contributed by atoms with Crippen molar-refractivity contribution in [3.8, 4) is 0 Å². The Labute approximate surface area is 127 Å². The summed E-state index contributed by atoms with van der Waals surface area (Å²) in [5.41, 5.74) is 0. The zero-order valence-corrected chi connectivity index (χ0v) is 15.1. The molecule has 0 aromatic carbocycles. The smallest absolute Gasteiger partial charge is 0.0835 e. The second kappa shape index (κ2) is 10.6. The Kier molecular flexibility index (Phi) is 12.5. The molecule has 0 aliphatic heterocycles. The van der Waals surface area contributed by atoms with Gasteiger partial charge in [0.15, 0.2) is 0 Å². The summed E-state index contributed by atoms with van der Waals surface area (Å²) in [7, 11) is 0. The quantitative estimate of drug-likeness (QED) is 0.335. The molecule has 1 nitrogen and oxygen atoms in total. The number of unbranched alkanes of at least 4 members (excludes halogenated alkanes) is 4. The fraction of sp³-hybridized carbons (Fsp3) is 1.00. The first kappa shape index (κ1) is 20.0. The van der Waals surface area contributed by atoms with Crippen molar-refractivity contribution in [3.05, 3.63) is 0 Å². The molecule has 0 radical (unpaired) electrons. The van der Waals surface area contributed by atoms with Gasteiger partial charge in [-0.05, 0) is 47.5 Å². The molecule has 0 aliphatic carbocycles. The van der Waals surface area contributed by atoms with E-state index in [1.165, 1.54) is 49.7 Å². The van der Waals surface area contributed by atoms with Gasteiger partial charge in [0, 0.05) is 0 Å². The highest BCUT2D eigenvalue weighted by Gasteiger charge is 2.31. The van der Waals surface area contributed by atoms with Crippen LogP contribution < -0.4 is 24.0 Å². The summed E-state index contributed by atoms with van der Waals surface area (Å²) in [6, 6.07) is 1.52. The lowest BCUT2D eigenvalue weighted by molar-refractivity contribution is -0.965. The van der Waals surface area contributed by atoms with E-state index in [2.05, 4.69) is 41.5 Å². The van der Waals surface area contributed by atoms with Crippen LogP contribution in [-0.2, 0) is 0 Å². The van der Waals surface area contributed by atoms with Crippen LogP contribution in [0, 0.1) is 0 Å². The molecule has 0 aromatic heterocycles. The molecule has 0 saturated heterocycles. The van der Waals surface area contributed by atoms with Gasteiger partial charge in [0.1, 0.15) is 0 Å². The molecule has 0 aliphatic rings. The first-order valence-corrected chi connectivity index (χ1v) is 7.37. The van der Waals surface area contributed by atoms with E-state index in [1.807, 2.05) is 0 Å². The topological polar surface area (TPSA) is 0 Å². The van der Waals surface area contributed by atoms with Gasteiger partial charge in [-0.15, -0.1) is 0 Å². The van der Waals surface area contributed by atoms with Crippen molar-refractivity contribution >= 4 is 0 Å². The number of nitrogens with zero attached hydrogens (tertiary/aromatic N) is 1. The summed E-state index contributed by atoms with van der Waals surface area (Å²) in [5.74, 6) is 0. The third kappa shape index (κ3) is 6.42. The molecule has 0 N–H and O–H groups in total. The van der Waals surface area contributed by atoms with Crippen molar-refractivity contribution in [1.29, 1.82) is 0 Å². The Morgan fingerprint density at radius 3 is 1.59 bits per heavy atom. The van der Waals surface area contributed by atoms with Gasteiger partial charge in [0.2, 0.25) is 0 Å². The van der Waals surface area contributed by atoms with Crippen molar-refractivity contribution < 1.29 is 28.5 Å². The van der Waals surface area contributed by atoms with Gasteiger partial charge < -0.3 is 28.5 Å². The van der Waals surface area contributed by atoms with Gasteiger partial charge in [-0.2, -0.15) is 0 Å².